The second-order valence-corrected chi connectivity index (χ2v) is 17.0. The molecule has 5 atom stereocenters. The van der Waals surface area contributed by atoms with Gasteiger partial charge in [0.05, 0.1) is 17.3 Å². The Morgan fingerprint density at radius 3 is 2.58 bits per heavy atom. The highest BCUT2D eigenvalue weighted by Crippen LogP contribution is 2.46. The molecule has 0 spiro atoms. The molecule has 2 aromatic carbocycles. The van der Waals surface area contributed by atoms with Gasteiger partial charge in [-0.3, -0.25) is 28.6 Å². The van der Waals surface area contributed by atoms with Gasteiger partial charge in [-0.05, 0) is 68.2 Å². The molecule has 14 nitrogen and oxygen atoms in total. The van der Waals surface area contributed by atoms with Crippen molar-refractivity contribution in [2.24, 2.45) is 13.0 Å². The molecule has 2 aliphatic heterocycles. The van der Waals surface area contributed by atoms with Crippen LogP contribution in [0.2, 0.25) is 0 Å². The maximum Gasteiger partial charge on any atom is 0.272 e. The summed E-state index contributed by atoms with van der Waals surface area (Å²) in [6, 6.07) is 11.1. The van der Waals surface area contributed by atoms with Crippen molar-refractivity contribution in [1.29, 1.82) is 0 Å². The third-order valence-corrected chi connectivity index (χ3v) is 12.8. The number of fused-ring (bicyclic) bond motifs is 5. The summed E-state index contributed by atoms with van der Waals surface area (Å²) in [6.07, 6.45) is 8.84. The number of aryl methyl sites for hydroxylation is 1. The molecule has 2 saturated carbocycles. The van der Waals surface area contributed by atoms with Gasteiger partial charge in [0.1, 0.15) is 35.2 Å². The number of hydrogen-bond donors (Lipinski definition) is 3. The van der Waals surface area contributed by atoms with Gasteiger partial charge in [-0.2, -0.15) is 5.10 Å². The predicted molar refractivity (Wildman–Crippen MR) is 199 cm³/mol. The highest BCUT2D eigenvalue weighted by atomic mass is 32.2. The van der Waals surface area contributed by atoms with Gasteiger partial charge in [0.15, 0.2) is 0 Å². The molecule has 4 aliphatic rings. The first kappa shape index (κ1) is 36.6. The number of rotatable bonds is 7. The van der Waals surface area contributed by atoms with E-state index < -0.39 is 74.4 Å². The third-order valence-electron chi connectivity index (χ3n) is 11.0. The van der Waals surface area contributed by atoms with Crippen LogP contribution >= 0.6 is 0 Å². The Morgan fingerprint density at radius 2 is 1.82 bits per heavy atom. The number of allylic oxidation sites excluding steroid dienone is 1. The van der Waals surface area contributed by atoms with Crippen LogP contribution in [-0.4, -0.2) is 87.2 Å². The van der Waals surface area contributed by atoms with Crippen molar-refractivity contribution in [2.45, 2.75) is 86.8 Å². The lowest BCUT2D eigenvalue weighted by atomic mass is 10.0. The van der Waals surface area contributed by atoms with E-state index in [4.69, 9.17) is 4.74 Å². The number of pyridine rings is 1. The van der Waals surface area contributed by atoms with Gasteiger partial charge in [-0.25, -0.2) is 17.8 Å². The fourth-order valence-corrected chi connectivity index (χ4v) is 9.13. The highest BCUT2D eigenvalue weighted by Gasteiger charge is 2.62. The molecule has 8 rings (SSSR count). The van der Waals surface area contributed by atoms with Crippen LogP contribution < -0.4 is 20.1 Å². The first-order valence-electron chi connectivity index (χ1n) is 18.7. The number of aromatic nitrogens is 3. The summed E-state index contributed by atoms with van der Waals surface area (Å²) in [6.45, 7) is -0.0668. The van der Waals surface area contributed by atoms with Gasteiger partial charge in [0.2, 0.25) is 27.7 Å². The fraction of sp³-hybridized carbons (Fsp3) is 0.436. The van der Waals surface area contributed by atoms with E-state index in [1.54, 1.807) is 25.4 Å². The molecule has 4 aromatic rings. The van der Waals surface area contributed by atoms with Gasteiger partial charge in [0.25, 0.3) is 11.8 Å². The summed E-state index contributed by atoms with van der Waals surface area (Å²) >= 11 is 0. The van der Waals surface area contributed by atoms with Gasteiger partial charge < -0.3 is 20.3 Å². The van der Waals surface area contributed by atoms with Crippen LogP contribution in [0.25, 0.3) is 21.7 Å². The van der Waals surface area contributed by atoms with E-state index in [9.17, 15) is 32.0 Å². The molecule has 4 heterocycles. The molecule has 0 unspecified atom stereocenters. The molecule has 16 heteroatoms. The Hall–Kier alpha value is -5.38. The molecule has 4 amide bonds. The molecular weight excluding hydrogens is 730 g/mol. The van der Waals surface area contributed by atoms with E-state index in [0.29, 0.717) is 43.0 Å². The molecule has 3 N–H and O–H groups in total. The number of benzene rings is 2. The fourth-order valence-electron chi connectivity index (χ4n) is 7.76. The lowest BCUT2D eigenvalue weighted by Crippen LogP contribution is -2.58. The van der Waals surface area contributed by atoms with Gasteiger partial charge >= 0.3 is 0 Å². The quantitative estimate of drug-likeness (QED) is 0.187. The zero-order valence-electron chi connectivity index (χ0n) is 30.2. The van der Waals surface area contributed by atoms with E-state index in [1.165, 1.54) is 21.7 Å². The average Bonchev–Trinajstić information content (AvgIpc) is 4.05. The topological polar surface area (TPSA) is 182 Å². The predicted octanol–water partition coefficient (Wildman–Crippen LogP) is 3.41. The lowest BCUT2D eigenvalue weighted by Gasteiger charge is -2.29. The number of carbonyl (C=O) groups is 4. The minimum Gasteiger partial charge on any atom is -0.472 e. The molecule has 288 valence electrons. The minimum atomic E-state index is -3.91. The van der Waals surface area contributed by atoms with Crippen LogP contribution in [0.3, 0.4) is 0 Å². The largest absolute Gasteiger partial charge is 0.472 e. The first-order chi connectivity index (χ1) is 26.4. The number of hydrogen-bond acceptors (Lipinski definition) is 9. The summed E-state index contributed by atoms with van der Waals surface area (Å²) in [5.41, 5.74) is -1.03. The van der Waals surface area contributed by atoms with Crippen molar-refractivity contribution < 1.29 is 36.7 Å². The molecule has 2 aromatic heterocycles. The molecule has 3 fully saturated rings. The average molecular weight is 772 g/mol. The van der Waals surface area contributed by atoms with Crippen molar-refractivity contribution in [3.8, 4) is 5.88 Å². The molecule has 2 aliphatic carbocycles. The summed E-state index contributed by atoms with van der Waals surface area (Å²) in [7, 11) is -2.24. The van der Waals surface area contributed by atoms with Crippen molar-refractivity contribution in [1.82, 2.24) is 35.0 Å². The summed E-state index contributed by atoms with van der Waals surface area (Å²) < 4.78 is 50.3. The van der Waals surface area contributed by atoms with Gasteiger partial charge in [-0.1, -0.05) is 43.2 Å². The molecule has 0 radical (unpaired) electrons. The van der Waals surface area contributed by atoms with Crippen LogP contribution in [0.1, 0.15) is 68.3 Å². The van der Waals surface area contributed by atoms with Crippen molar-refractivity contribution in [3.05, 3.63) is 78.4 Å². The SMILES string of the molecule is Cn1ccc(C(=O)N[C@H]2CCCCC/C=C\[C@@H]3C[C@@]3(C(=O)NS(=O)(=O)C3CC3)NC(=O)[C@@H]3C[C@@H](Oc4nc5cc(F)ccc5c5ccccc45)CN3C2=O)n1. The Labute approximate surface area is 316 Å². The lowest BCUT2D eigenvalue weighted by molar-refractivity contribution is -0.141. The van der Waals surface area contributed by atoms with Crippen LogP contribution in [0.5, 0.6) is 5.88 Å². The number of nitrogens with one attached hydrogen (secondary N) is 3. The molecule has 0 bridgehead atoms. The van der Waals surface area contributed by atoms with E-state index in [0.717, 1.165) is 23.6 Å². The Balaban J connectivity index is 1.13. The zero-order valence-corrected chi connectivity index (χ0v) is 31.1. The first-order valence-corrected chi connectivity index (χ1v) is 20.3. The molecule has 1 saturated heterocycles. The number of sulfonamides is 1. The Morgan fingerprint density at radius 1 is 1.02 bits per heavy atom. The maximum atomic E-state index is 14.6. The number of nitrogens with zero attached hydrogens (tertiary/aromatic N) is 4. The van der Waals surface area contributed by atoms with E-state index >= 15 is 0 Å². The van der Waals surface area contributed by atoms with Crippen molar-refractivity contribution in [3.63, 3.8) is 0 Å². The van der Waals surface area contributed by atoms with Gasteiger partial charge in [0, 0.05) is 42.4 Å². The van der Waals surface area contributed by atoms with E-state index in [-0.39, 0.29) is 31.0 Å². The van der Waals surface area contributed by atoms with Crippen molar-refractivity contribution in [2.75, 3.05) is 6.54 Å². The number of ether oxygens (including phenoxy) is 1. The molecule has 55 heavy (non-hydrogen) atoms. The molecular formula is C39H42FN7O7S. The summed E-state index contributed by atoms with van der Waals surface area (Å²) in [4.78, 5) is 62.1. The Bertz CT molecular complexity index is 2340. The normalized spacial score (nSPS) is 26.6. The second kappa shape index (κ2) is 14.4. The zero-order chi connectivity index (χ0) is 38.5. The van der Waals surface area contributed by atoms with E-state index in [1.807, 2.05) is 36.4 Å². The minimum absolute atomic E-state index is 0.00570. The smallest absolute Gasteiger partial charge is 0.272 e. The number of carbonyl (C=O) groups excluding carboxylic acids is 4. The highest BCUT2D eigenvalue weighted by molar-refractivity contribution is 7.91. The third kappa shape index (κ3) is 7.39. The summed E-state index contributed by atoms with van der Waals surface area (Å²) in [5.74, 6) is -3.24. The van der Waals surface area contributed by atoms with Crippen LogP contribution in [0, 0.1) is 11.7 Å². The monoisotopic (exact) mass is 771 g/mol. The standard InChI is InChI=1S/C39H42FN7O7S/c1-46-18-17-30(44-46)34(48)41-31-12-6-4-2-3-5-9-23-21-39(23,38(51)45-55(52,53)26-14-15-26)43-35(49)33-20-25(22-47(33)37(31)50)54-36-29-11-8-7-10-27(29)28-16-13-24(40)19-32(28)42-36/h5,7-11,13,16-19,23,25-26,31,33H,2-4,6,12,14-15,20-22H2,1H3,(H,41,48)(H,43,49)(H,45,51)/b9-5-/t23-,25-,31+,33+,39-/m1/s1. The van der Waals surface area contributed by atoms with Crippen LogP contribution in [0.4, 0.5) is 4.39 Å². The summed E-state index contributed by atoms with van der Waals surface area (Å²) in [5, 5.41) is 11.4. The van der Waals surface area contributed by atoms with Crippen LogP contribution in [-0.2, 0) is 31.5 Å². The number of halogens is 1. The Kier molecular flexibility index (Phi) is 9.55. The van der Waals surface area contributed by atoms with Gasteiger partial charge in [-0.15, -0.1) is 0 Å². The number of amides is 4. The second-order valence-electron chi connectivity index (χ2n) is 15.0. The van der Waals surface area contributed by atoms with Crippen LogP contribution in [0.15, 0.2) is 66.9 Å². The van der Waals surface area contributed by atoms with Crippen molar-refractivity contribution >= 4 is 55.3 Å². The van der Waals surface area contributed by atoms with E-state index in [2.05, 4.69) is 25.4 Å². The maximum absolute atomic E-state index is 14.6.